The molecule has 1 heteroatoms. The molecule has 0 aromatic carbocycles. The highest BCUT2D eigenvalue weighted by atomic mass is 15.1. The molecule has 0 atom stereocenters. The van der Waals surface area contributed by atoms with Crippen LogP contribution in [0.25, 0.3) is 0 Å². The average molecular weight is 354 g/mol. The maximum absolute atomic E-state index is 2.70. The summed E-state index contributed by atoms with van der Waals surface area (Å²) in [5.74, 6) is 0. The molecule has 0 unspecified atom stereocenters. The number of rotatable bonds is 20. The van der Waals surface area contributed by atoms with E-state index in [4.69, 9.17) is 0 Å². The van der Waals surface area contributed by atoms with E-state index in [1.54, 1.807) is 0 Å². The van der Waals surface area contributed by atoms with Gasteiger partial charge in [-0.25, -0.2) is 0 Å². The normalized spacial score (nSPS) is 11.8. The van der Waals surface area contributed by atoms with Crippen molar-refractivity contribution in [2.75, 3.05) is 13.6 Å². The van der Waals surface area contributed by atoms with Crippen LogP contribution < -0.4 is 0 Å². The molecule has 0 amide bonds. The van der Waals surface area contributed by atoms with Gasteiger partial charge in [0, 0.05) is 6.04 Å². The van der Waals surface area contributed by atoms with E-state index >= 15 is 0 Å². The topological polar surface area (TPSA) is 3.24 Å². The first-order valence-electron chi connectivity index (χ1n) is 12.0. The third-order valence-electron chi connectivity index (χ3n) is 5.77. The first-order chi connectivity index (χ1) is 12.3. The molecule has 0 bridgehead atoms. The van der Waals surface area contributed by atoms with E-state index in [1.165, 1.54) is 122 Å². The van der Waals surface area contributed by atoms with E-state index in [-0.39, 0.29) is 0 Å². The van der Waals surface area contributed by atoms with E-state index in [2.05, 4.69) is 32.7 Å². The number of unbranched alkanes of at least 4 members (excludes halogenated alkanes) is 13. The Hall–Kier alpha value is -0.0400. The van der Waals surface area contributed by atoms with Crippen molar-refractivity contribution in [1.82, 2.24) is 4.90 Å². The van der Waals surface area contributed by atoms with Gasteiger partial charge in [0.2, 0.25) is 0 Å². The van der Waals surface area contributed by atoms with E-state index in [0.717, 1.165) is 6.04 Å². The monoisotopic (exact) mass is 353 g/mol. The second kappa shape index (κ2) is 20.3. The standard InChI is InChI=1S/C24H51N/c1-5-8-11-14-15-16-17-20-23-25(4)24(21-18-12-9-6-2)22-19-13-10-7-3/h24H,5-23H2,1-4H3. The van der Waals surface area contributed by atoms with E-state index in [0.29, 0.717) is 0 Å². The van der Waals surface area contributed by atoms with Crippen LogP contribution in [0.2, 0.25) is 0 Å². The van der Waals surface area contributed by atoms with Gasteiger partial charge in [0.25, 0.3) is 0 Å². The van der Waals surface area contributed by atoms with Crippen LogP contribution in [-0.4, -0.2) is 24.5 Å². The second-order valence-electron chi connectivity index (χ2n) is 8.31. The molecule has 25 heavy (non-hydrogen) atoms. The Kier molecular flexibility index (Phi) is 20.2. The molecule has 0 radical (unpaired) electrons. The SMILES string of the molecule is CCCCCCCCCCN(C)C(CCCCCC)CCCCCC. The Labute approximate surface area is 161 Å². The van der Waals surface area contributed by atoms with Crippen molar-refractivity contribution in [3.8, 4) is 0 Å². The van der Waals surface area contributed by atoms with Crippen molar-refractivity contribution in [3.63, 3.8) is 0 Å². The molecule has 152 valence electrons. The zero-order valence-electron chi connectivity index (χ0n) is 18.5. The Bertz CT molecular complexity index is 226. The van der Waals surface area contributed by atoms with Crippen molar-refractivity contribution >= 4 is 0 Å². The number of hydrogen-bond donors (Lipinski definition) is 0. The molecule has 0 aromatic rings. The number of hydrogen-bond acceptors (Lipinski definition) is 1. The maximum atomic E-state index is 2.70. The molecule has 0 aliphatic rings. The van der Waals surface area contributed by atoms with Crippen molar-refractivity contribution in [2.24, 2.45) is 0 Å². The van der Waals surface area contributed by atoms with Crippen LogP contribution in [0.3, 0.4) is 0 Å². The first kappa shape index (κ1) is 25.0. The summed E-state index contributed by atoms with van der Waals surface area (Å²) in [6, 6.07) is 0.846. The zero-order chi connectivity index (χ0) is 18.6. The van der Waals surface area contributed by atoms with Crippen LogP contribution >= 0.6 is 0 Å². The molecule has 0 aliphatic carbocycles. The third kappa shape index (κ3) is 17.1. The summed E-state index contributed by atoms with van der Waals surface area (Å²) in [4.78, 5) is 2.70. The van der Waals surface area contributed by atoms with Gasteiger partial charge < -0.3 is 4.90 Å². The summed E-state index contributed by atoms with van der Waals surface area (Å²) in [6.45, 7) is 8.26. The molecular formula is C24H51N. The minimum atomic E-state index is 0.846. The van der Waals surface area contributed by atoms with Crippen LogP contribution in [0.4, 0.5) is 0 Å². The Balaban J connectivity index is 3.86. The van der Waals surface area contributed by atoms with Gasteiger partial charge >= 0.3 is 0 Å². The van der Waals surface area contributed by atoms with Crippen LogP contribution in [0.1, 0.15) is 136 Å². The van der Waals surface area contributed by atoms with Crippen LogP contribution in [0, 0.1) is 0 Å². The van der Waals surface area contributed by atoms with Crippen molar-refractivity contribution < 1.29 is 0 Å². The van der Waals surface area contributed by atoms with E-state index in [9.17, 15) is 0 Å². The lowest BCUT2D eigenvalue weighted by Crippen LogP contribution is -2.32. The summed E-state index contributed by atoms with van der Waals surface area (Å²) >= 11 is 0. The van der Waals surface area contributed by atoms with Gasteiger partial charge in [0.15, 0.2) is 0 Å². The van der Waals surface area contributed by atoms with Crippen molar-refractivity contribution in [3.05, 3.63) is 0 Å². The summed E-state index contributed by atoms with van der Waals surface area (Å²) in [5.41, 5.74) is 0. The highest BCUT2D eigenvalue weighted by molar-refractivity contribution is 4.69. The van der Waals surface area contributed by atoms with Crippen molar-refractivity contribution in [2.45, 2.75) is 142 Å². The van der Waals surface area contributed by atoms with Crippen LogP contribution in [-0.2, 0) is 0 Å². The summed E-state index contributed by atoms with van der Waals surface area (Å²) < 4.78 is 0. The maximum Gasteiger partial charge on any atom is 0.00922 e. The summed E-state index contributed by atoms with van der Waals surface area (Å²) in [7, 11) is 2.39. The molecule has 0 saturated carbocycles. The smallest absolute Gasteiger partial charge is 0.00922 e. The molecule has 1 nitrogen and oxygen atoms in total. The lowest BCUT2D eigenvalue weighted by molar-refractivity contribution is 0.205. The summed E-state index contributed by atoms with van der Waals surface area (Å²) in [5, 5.41) is 0. The van der Waals surface area contributed by atoms with Gasteiger partial charge in [0.05, 0.1) is 0 Å². The van der Waals surface area contributed by atoms with Gasteiger partial charge in [-0.15, -0.1) is 0 Å². The molecule has 0 aromatic heterocycles. The highest BCUT2D eigenvalue weighted by Gasteiger charge is 2.13. The van der Waals surface area contributed by atoms with Gasteiger partial charge in [0.1, 0.15) is 0 Å². The van der Waals surface area contributed by atoms with Gasteiger partial charge in [-0.05, 0) is 32.9 Å². The molecule has 0 rings (SSSR count). The quantitative estimate of drug-likeness (QED) is 0.199. The Morgan fingerprint density at radius 3 is 1.28 bits per heavy atom. The third-order valence-corrected chi connectivity index (χ3v) is 5.77. The fraction of sp³-hybridized carbons (Fsp3) is 1.00. The summed E-state index contributed by atoms with van der Waals surface area (Å²) in [6.07, 6.45) is 25.6. The number of nitrogens with zero attached hydrogens (tertiary/aromatic N) is 1. The second-order valence-corrected chi connectivity index (χ2v) is 8.31. The Morgan fingerprint density at radius 2 is 0.840 bits per heavy atom. The van der Waals surface area contributed by atoms with Crippen LogP contribution in [0.15, 0.2) is 0 Å². The fourth-order valence-corrected chi connectivity index (χ4v) is 3.88. The fourth-order valence-electron chi connectivity index (χ4n) is 3.88. The van der Waals surface area contributed by atoms with Gasteiger partial charge in [-0.1, -0.05) is 117 Å². The first-order valence-corrected chi connectivity index (χ1v) is 12.0. The predicted molar refractivity (Wildman–Crippen MR) is 117 cm³/mol. The zero-order valence-corrected chi connectivity index (χ0v) is 18.5. The van der Waals surface area contributed by atoms with E-state index in [1.807, 2.05) is 0 Å². The largest absolute Gasteiger partial charge is 0.303 e. The van der Waals surface area contributed by atoms with Gasteiger partial charge in [-0.2, -0.15) is 0 Å². The van der Waals surface area contributed by atoms with E-state index < -0.39 is 0 Å². The lowest BCUT2D eigenvalue weighted by Gasteiger charge is -2.28. The lowest BCUT2D eigenvalue weighted by atomic mass is 9.99. The molecule has 0 spiro atoms. The predicted octanol–water partition coefficient (Wildman–Crippen LogP) is 8.37. The minimum absolute atomic E-state index is 0.846. The minimum Gasteiger partial charge on any atom is -0.303 e. The van der Waals surface area contributed by atoms with Crippen molar-refractivity contribution in [1.29, 1.82) is 0 Å². The highest BCUT2D eigenvalue weighted by Crippen LogP contribution is 2.18. The molecule has 0 heterocycles. The molecular weight excluding hydrogens is 302 g/mol. The van der Waals surface area contributed by atoms with Crippen LogP contribution in [0.5, 0.6) is 0 Å². The Morgan fingerprint density at radius 1 is 0.480 bits per heavy atom. The average Bonchev–Trinajstić information content (AvgIpc) is 2.62. The molecule has 0 saturated heterocycles. The molecule has 0 aliphatic heterocycles. The molecule has 0 fully saturated rings. The molecule has 0 N–H and O–H groups in total. The van der Waals surface area contributed by atoms with Gasteiger partial charge in [-0.3, -0.25) is 0 Å².